The molecule has 0 saturated carbocycles. The minimum atomic E-state index is -1.82. The molecule has 1 aliphatic rings. The molecule has 1 aliphatic carbocycles. The Morgan fingerprint density at radius 2 is 1.91 bits per heavy atom. The second kappa shape index (κ2) is 7.80. The van der Waals surface area contributed by atoms with E-state index in [1.807, 2.05) is 18.2 Å². The quantitative estimate of drug-likeness (QED) is 0.422. The summed E-state index contributed by atoms with van der Waals surface area (Å²) in [6, 6.07) is 7.10. The summed E-state index contributed by atoms with van der Waals surface area (Å²) in [5, 5.41) is 0. The number of alkyl halides is 2. The fourth-order valence-electron chi connectivity index (χ4n) is 2.36. The highest BCUT2D eigenvalue weighted by molar-refractivity contribution is 6.60. The Bertz CT molecular complexity index is 643. The molecule has 0 bridgehead atoms. The highest BCUT2D eigenvalue weighted by atomic mass is 35.5. The summed E-state index contributed by atoms with van der Waals surface area (Å²) in [5.74, 6) is -1.10. The number of benzene rings is 1. The third kappa shape index (κ3) is 4.69. The molecule has 1 aromatic rings. The number of ketones is 1. The van der Waals surface area contributed by atoms with Crippen molar-refractivity contribution in [1.82, 2.24) is 0 Å². The van der Waals surface area contributed by atoms with Crippen molar-refractivity contribution in [3.05, 3.63) is 53.6 Å². The largest absolute Gasteiger partial charge is 0.466 e. The monoisotopic (exact) mass is 352 g/mol. The number of hydrogen-bond donors (Lipinski definition) is 0. The Balaban J connectivity index is 2.11. The molecule has 0 unspecified atom stereocenters. The molecule has 2 rings (SSSR count). The van der Waals surface area contributed by atoms with Crippen LogP contribution in [-0.4, -0.2) is 22.7 Å². The molecule has 0 heterocycles. The van der Waals surface area contributed by atoms with Gasteiger partial charge in [0.05, 0.1) is 13.0 Å². The van der Waals surface area contributed by atoms with E-state index in [4.69, 9.17) is 27.9 Å². The van der Waals surface area contributed by atoms with E-state index in [0.29, 0.717) is 5.56 Å². The van der Waals surface area contributed by atoms with Crippen LogP contribution < -0.4 is 0 Å². The summed E-state index contributed by atoms with van der Waals surface area (Å²) in [5.41, 5.74) is 2.65. The number of rotatable bonds is 6. The van der Waals surface area contributed by atoms with Gasteiger partial charge in [-0.25, -0.2) is 0 Å². The first-order valence-corrected chi connectivity index (χ1v) is 8.24. The van der Waals surface area contributed by atoms with E-state index >= 15 is 0 Å². The first kappa shape index (κ1) is 17.8. The van der Waals surface area contributed by atoms with Crippen LogP contribution in [0.2, 0.25) is 0 Å². The van der Waals surface area contributed by atoms with E-state index in [9.17, 15) is 9.59 Å². The molecule has 1 aromatic carbocycles. The van der Waals surface area contributed by atoms with Crippen molar-refractivity contribution < 1.29 is 14.3 Å². The molecule has 0 N–H and O–H groups in total. The number of allylic oxidation sites excluding steroid dienone is 4. The highest BCUT2D eigenvalue weighted by Crippen LogP contribution is 2.31. The predicted octanol–water partition coefficient (Wildman–Crippen LogP) is 4.73. The topological polar surface area (TPSA) is 43.4 Å². The Kier molecular flexibility index (Phi) is 6.03. The summed E-state index contributed by atoms with van der Waals surface area (Å²) < 4.78 is 2.97. The third-order valence-corrected chi connectivity index (χ3v) is 4.15. The maximum Gasteiger partial charge on any atom is 0.309 e. The van der Waals surface area contributed by atoms with Gasteiger partial charge < -0.3 is 4.74 Å². The van der Waals surface area contributed by atoms with Gasteiger partial charge in [-0.05, 0) is 30.9 Å². The Hall–Kier alpha value is -1.58. The number of halogens is 2. The van der Waals surface area contributed by atoms with Crippen LogP contribution in [0.15, 0.2) is 42.5 Å². The van der Waals surface area contributed by atoms with Gasteiger partial charge in [0.2, 0.25) is 0 Å². The summed E-state index contributed by atoms with van der Waals surface area (Å²) in [6.45, 7) is 1.90. The first-order chi connectivity index (χ1) is 10.9. The smallest absolute Gasteiger partial charge is 0.309 e. The number of carbonyl (C=O) groups is 2. The molecule has 5 heteroatoms. The number of Topliss-reactive ketones (excluding diaryl/α,β-unsaturated/α-hetero) is 1. The van der Waals surface area contributed by atoms with Crippen molar-refractivity contribution in [3.63, 3.8) is 0 Å². The lowest BCUT2D eigenvalue weighted by atomic mass is 9.95. The van der Waals surface area contributed by atoms with Gasteiger partial charge in [0.1, 0.15) is 0 Å². The van der Waals surface area contributed by atoms with Gasteiger partial charge in [0.15, 0.2) is 10.1 Å². The van der Waals surface area contributed by atoms with Crippen LogP contribution in [0.4, 0.5) is 0 Å². The zero-order chi connectivity index (χ0) is 16.9. The van der Waals surface area contributed by atoms with Crippen molar-refractivity contribution in [2.24, 2.45) is 0 Å². The molecular formula is C18H18Cl2O3. The molecular weight excluding hydrogens is 335 g/mol. The van der Waals surface area contributed by atoms with Crippen LogP contribution in [0.3, 0.4) is 0 Å². The van der Waals surface area contributed by atoms with Gasteiger partial charge in [0.25, 0.3) is 0 Å². The van der Waals surface area contributed by atoms with E-state index in [0.717, 1.165) is 18.4 Å². The highest BCUT2D eigenvalue weighted by Gasteiger charge is 2.37. The predicted molar refractivity (Wildman–Crippen MR) is 92.8 cm³/mol. The van der Waals surface area contributed by atoms with Crippen molar-refractivity contribution in [1.29, 1.82) is 0 Å². The molecule has 3 nitrogen and oxygen atoms in total. The third-order valence-electron chi connectivity index (χ3n) is 3.54. The molecule has 0 saturated heterocycles. The molecule has 0 fully saturated rings. The van der Waals surface area contributed by atoms with E-state index in [2.05, 4.69) is 12.2 Å². The number of carbonyl (C=O) groups excluding carboxylic acids is 2. The summed E-state index contributed by atoms with van der Waals surface area (Å²) in [6.07, 6.45) is 7.82. The molecule has 122 valence electrons. The Morgan fingerprint density at radius 3 is 2.48 bits per heavy atom. The molecule has 0 atom stereocenters. The van der Waals surface area contributed by atoms with E-state index in [1.54, 1.807) is 19.1 Å². The zero-order valence-corrected chi connectivity index (χ0v) is 14.4. The fraction of sp³-hybridized carbons (Fsp3) is 0.333. The maximum atomic E-state index is 12.4. The van der Waals surface area contributed by atoms with Crippen molar-refractivity contribution in [2.75, 3.05) is 6.61 Å². The minimum Gasteiger partial charge on any atom is -0.466 e. The van der Waals surface area contributed by atoms with Crippen LogP contribution in [0.1, 0.15) is 42.1 Å². The van der Waals surface area contributed by atoms with E-state index in [-0.39, 0.29) is 13.0 Å². The summed E-state index contributed by atoms with van der Waals surface area (Å²) in [4.78, 5) is 23.9. The van der Waals surface area contributed by atoms with Crippen molar-refractivity contribution in [3.8, 4) is 0 Å². The average Bonchev–Trinajstić information content (AvgIpc) is 2.55. The molecule has 23 heavy (non-hydrogen) atoms. The van der Waals surface area contributed by atoms with Crippen LogP contribution >= 0.6 is 23.2 Å². The van der Waals surface area contributed by atoms with E-state index < -0.39 is 16.1 Å². The molecule has 0 amide bonds. The first-order valence-electron chi connectivity index (χ1n) is 7.48. The fourth-order valence-corrected chi connectivity index (χ4v) is 2.80. The molecule has 0 aromatic heterocycles. The van der Waals surface area contributed by atoms with Crippen LogP contribution in [0, 0.1) is 0 Å². The van der Waals surface area contributed by atoms with Gasteiger partial charge in [-0.2, -0.15) is 0 Å². The van der Waals surface area contributed by atoms with Crippen LogP contribution in [0.5, 0.6) is 0 Å². The number of hydrogen-bond acceptors (Lipinski definition) is 3. The molecule has 0 aliphatic heterocycles. The van der Waals surface area contributed by atoms with E-state index in [1.165, 1.54) is 5.57 Å². The Morgan fingerprint density at radius 1 is 1.22 bits per heavy atom. The van der Waals surface area contributed by atoms with Crippen molar-refractivity contribution >= 4 is 40.5 Å². The summed E-state index contributed by atoms with van der Waals surface area (Å²) >= 11 is 12.1. The van der Waals surface area contributed by atoms with Crippen LogP contribution in [0.25, 0.3) is 5.57 Å². The SMILES string of the molecule is CCOC(=O)CC(Cl)(Cl)C(=O)c1ccc(C2=CC=CCC2)cc1. The number of ether oxygens (including phenoxy) is 1. The lowest BCUT2D eigenvalue weighted by Crippen LogP contribution is -2.30. The normalized spacial score (nSPS) is 14.3. The van der Waals surface area contributed by atoms with Crippen molar-refractivity contribution in [2.45, 2.75) is 30.5 Å². The second-order valence-corrected chi connectivity index (χ2v) is 6.74. The van der Waals surface area contributed by atoms with Gasteiger partial charge >= 0.3 is 5.97 Å². The lowest BCUT2D eigenvalue weighted by Gasteiger charge is -2.17. The second-order valence-electron chi connectivity index (χ2n) is 5.25. The standard InChI is InChI=1S/C18H18Cl2O3/c1-2-23-16(21)12-18(19,20)17(22)15-10-8-14(9-11-15)13-6-4-3-5-7-13/h3-4,6,8-11H,2,5,7,12H2,1H3. The minimum absolute atomic E-state index is 0.217. The van der Waals surface area contributed by atoms with Gasteiger partial charge in [-0.1, -0.05) is 65.7 Å². The lowest BCUT2D eigenvalue weighted by molar-refractivity contribution is -0.143. The van der Waals surface area contributed by atoms with Crippen LogP contribution in [-0.2, 0) is 9.53 Å². The Labute approximate surface area is 145 Å². The summed E-state index contributed by atoms with van der Waals surface area (Å²) in [7, 11) is 0. The molecule has 0 radical (unpaired) electrons. The maximum absolute atomic E-state index is 12.4. The zero-order valence-electron chi connectivity index (χ0n) is 12.9. The van der Waals surface area contributed by atoms with Gasteiger partial charge in [0, 0.05) is 5.56 Å². The van der Waals surface area contributed by atoms with Gasteiger partial charge in [-0.3, -0.25) is 9.59 Å². The molecule has 0 spiro atoms. The van der Waals surface area contributed by atoms with Gasteiger partial charge in [-0.15, -0.1) is 0 Å². The number of esters is 1. The average molecular weight is 353 g/mol.